The van der Waals surface area contributed by atoms with Crippen LogP contribution in [0.3, 0.4) is 0 Å². The highest BCUT2D eigenvalue weighted by Gasteiger charge is 2.39. The van der Waals surface area contributed by atoms with Gasteiger partial charge in [0.05, 0.1) is 5.60 Å². The van der Waals surface area contributed by atoms with Crippen molar-refractivity contribution < 1.29 is 5.11 Å². The quantitative estimate of drug-likeness (QED) is 0.871. The minimum Gasteiger partial charge on any atom is -0.385 e. The van der Waals surface area contributed by atoms with Crippen LogP contribution in [0, 0.1) is 5.92 Å². The number of aromatic nitrogens is 1. The zero-order valence-corrected chi connectivity index (χ0v) is 11.0. The first-order valence-electron chi connectivity index (χ1n) is 6.05. The molecule has 2 atom stereocenters. The van der Waals surface area contributed by atoms with Crippen LogP contribution < -0.4 is 5.32 Å². The van der Waals surface area contributed by atoms with Gasteiger partial charge in [-0.05, 0) is 26.0 Å². The summed E-state index contributed by atoms with van der Waals surface area (Å²) < 4.78 is 0. The van der Waals surface area contributed by atoms with Gasteiger partial charge in [0.15, 0.2) is 0 Å². The third-order valence-corrected chi connectivity index (χ3v) is 3.65. The molecular formula is C13H21ClN2O. The molecule has 2 N–H and O–H groups in total. The fourth-order valence-electron chi connectivity index (χ4n) is 2.74. The van der Waals surface area contributed by atoms with E-state index in [9.17, 15) is 5.11 Å². The van der Waals surface area contributed by atoms with E-state index in [2.05, 4.69) is 10.3 Å². The molecule has 1 saturated carbocycles. The molecule has 0 bridgehead atoms. The monoisotopic (exact) mass is 256 g/mol. The van der Waals surface area contributed by atoms with Crippen molar-refractivity contribution in [2.24, 2.45) is 5.92 Å². The molecule has 1 aliphatic carbocycles. The molecule has 1 aliphatic rings. The van der Waals surface area contributed by atoms with E-state index in [0.717, 1.165) is 31.4 Å². The first-order chi connectivity index (χ1) is 7.77. The van der Waals surface area contributed by atoms with Crippen LogP contribution in [0.4, 0.5) is 0 Å². The van der Waals surface area contributed by atoms with Crippen molar-refractivity contribution in [3.63, 3.8) is 0 Å². The molecule has 0 radical (unpaired) electrons. The highest BCUT2D eigenvalue weighted by Crippen LogP contribution is 2.40. The zero-order valence-electron chi connectivity index (χ0n) is 10.2. The fraction of sp³-hybridized carbons (Fsp3) is 0.615. The lowest BCUT2D eigenvalue weighted by molar-refractivity contribution is -0.0532. The van der Waals surface area contributed by atoms with Crippen LogP contribution in [0.15, 0.2) is 24.5 Å². The topological polar surface area (TPSA) is 45.1 Å². The molecule has 96 valence electrons. The lowest BCUT2D eigenvalue weighted by Gasteiger charge is -2.40. The summed E-state index contributed by atoms with van der Waals surface area (Å²) in [6.45, 7) is 0.866. The number of rotatable bonds is 3. The molecule has 2 rings (SSSR count). The average molecular weight is 257 g/mol. The normalized spacial score (nSPS) is 28.5. The van der Waals surface area contributed by atoms with Crippen LogP contribution in [-0.2, 0) is 5.60 Å². The van der Waals surface area contributed by atoms with E-state index in [4.69, 9.17) is 0 Å². The lowest BCUT2D eigenvalue weighted by Crippen LogP contribution is -2.42. The number of aliphatic hydroxyl groups is 1. The van der Waals surface area contributed by atoms with Crippen molar-refractivity contribution in [1.82, 2.24) is 10.3 Å². The first kappa shape index (κ1) is 14.4. The van der Waals surface area contributed by atoms with Crippen molar-refractivity contribution in [1.29, 1.82) is 0 Å². The summed E-state index contributed by atoms with van der Waals surface area (Å²) in [6.07, 6.45) is 7.81. The van der Waals surface area contributed by atoms with Gasteiger partial charge in [0.25, 0.3) is 0 Å². The Labute approximate surface area is 109 Å². The Kier molecular flexibility index (Phi) is 5.37. The second kappa shape index (κ2) is 6.34. The third-order valence-electron chi connectivity index (χ3n) is 3.65. The molecule has 2 unspecified atom stereocenters. The van der Waals surface area contributed by atoms with Gasteiger partial charge in [0, 0.05) is 30.4 Å². The SMILES string of the molecule is CNCC1CCCCC1(O)c1cccnc1.Cl. The average Bonchev–Trinajstić information content (AvgIpc) is 2.34. The van der Waals surface area contributed by atoms with E-state index < -0.39 is 5.60 Å². The van der Waals surface area contributed by atoms with Gasteiger partial charge >= 0.3 is 0 Å². The van der Waals surface area contributed by atoms with Gasteiger partial charge in [-0.3, -0.25) is 4.98 Å². The molecule has 3 nitrogen and oxygen atoms in total. The van der Waals surface area contributed by atoms with E-state index in [-0.39, 0.29) is 12.4 Å². The number of nitrogens with zero attached hydrogens (tertiary/aromatic N) is 1. The Morgan fingerprint density at radius 1 is 1.53 bits per heavy atom. The largest absolute Gasteiger partial charge is 0.385 e. The highest BCUT2D eigenvalue weighted by molar-refractivity contribution is 5.85. The summed E-state index contributed by atoms with van der Waals surface area (Å²) in [6, 6.07) is 3.89. The number of hydrogen-bond acceptors (Lipinski definition) is 3. The van der Waals surface area contributed by atoms with E-state index in [1.807, 2.05) is 19.2 Å². The summed E-state index contributed by atoms with van der Waals surface area (Å²) in [5.74, 6) is 0.301. The molecule has 1 heterocycles. The van der Waals surface area contributed by atoms with Gasteiger partial charge in [-0.2, -0.15) is 0 Å². The van der Waals surface area contributed by atoms with Gasteiger partial charge in [0.2, 0.25) is 0 Å². The molecule has 17 heavy (non-hydrogen) atoms. The Bertz CT molecular complexity index is 331. The minimum atomic E-state index is -0.685. The Hall–Kier alpha value is -0.640. The fourth-order valence-corrected chi connectivity index (χ4v) is 2.74. The highest BCUT2D eigenvalue weighted by atomic mass is 35.5. The zero-order chi connectivity index (χ0) is 11.4. The predicted molar refractivity (Wildman–Crippen MR) is 71.3 cm³/mol. The maximum absolute atomic E-state index is 10.9. The molecule has 0 spiro atoms. The van der Waals surface area contributed by atoms with Gasteiger partial charge in [-0.25, -0.2) is 0 Å². The van der Waals surface area contributed by atoms with Gasteiger partial charge in [-0.15, -0.1) is 12.4 Å². The molecule has 4 heteroatoms. The number of pyridine rings is 1. The van der Waals surface area contributed by atoms with Gasteiger partial charge in [0.1, 0.15) is 0 Å². The van der Waals surface area contributed by atoms with Crippen molar-refractivity contribution >= 4 is 12.4 Å². The van der Waals surface area contributed by atoms with Crippen LogP contribution in [0.1, 0.15) is 31.2 Å². The van der Waals surface area contributed by atoms with Crippen LogP contribution in [0.2, 0.25) is 0 Å². The second-order valence-corrected chi connectivity index (χ2v) is 4.67. The summed E-state index contributed by atoms with van der Waals surface area (Å²) in [4.78, 5) is 4.12. The molecular weight excluding hydrogens is 236 g/mol. The van der Waals surface area contributed by atoms with Crippen LogP contribution in [0.25, 0.3) is 0 Å². The summed E-state index contributed by atoms with van der Waals surface area (Å²) >= 11 is 0. The van der Waals surface area contributed by atoms with Crippen molar-refractivity contribution in [2.45, 2.75) is 31.3 Å². The third kappa shape index (κ3) is 2.97. The Balaban J connectivity index is 0.00000144. The number of halogens is 1. The summed E-state index contributed by atoms with van der Waals surface area (Å²) in [5, 5.41) is 14.0. The second-order valence-electron chi connectivity index (χ2n) is 4.67. The van der Waals surface area contributed by atoms with E-state index in [0.29, 0.717) is 5.92 Å². The minimum absolute atomic E-state index is 0. The Morgan fingerprint density at radius 2 is 2.35 bits per heavy atom. The summed E-state index contributed by atoms with van der Waals surface area (Å²) in [7, 11) is 1.94. The number of hydrogen-bond donors (Lipinski definition) is 2. The smallest absolute Gasteiger partial charge is 0.0951 e. The lowest BCUT2D eigenvalue weighted by atomic mass is 9.72. The molecule has 0 aromatic carbocycles. The predicted octanol–water partition coefficient (Wildman–Crippen LogP) is 2.10. The maximum Gasteiger partial charge on any atom is 0.0951 e. The molecule has 0 amide bonds. The maximum atomic E-state index is 10.9. The van der Waals surface area contributed by atoms with E-state index >= 15 is 0 Å². The van der Waals surface area contributed by atoms with Crippen LogP contribution in [0.5, 0.6) is 0 Å². The van der Waals surface area contributed by atoms with Crippen LogP contribution >= 0.6 is 12.4 Å². The van der Waals surface area contributed by atoms with Crippen molar-refractivity contribution in [3.8, 4) is 0 Å². The first-order valence-corrected chi connectivity index (χ1v) is 6.05. The van der Waals surface area contributed by atoms with Gasteiger partial charge < -0.3 is 10.4 Å². The van der Waals surface area contributed by atoms with Crippen LogP contribution in [-0.4, -0.2) is 23.7 Å². The standard InChI is InChI=1S/C13H20N2O.ClH/c1-14-9-11-5-2-3-7-13(11,16)12-6-4-8-15-10-12;/h4,6,8,10-11,14,16H,2-3,5,7,9H2,1H3;1H. The van der Waals surface area contributed by atoms with E-state index in [1.165, 1.54) is 6.42 Å². The molecule has 1 fully saturated rings. The van der Waals surface area contributed by atoms with Gasteiger partial charge in [-0.1, -0.05) is 18.9 Å². The number of nitrogens with one attached hydrogen (secondary N) is 1. The molecule has 1 aromatic rings. The Morgan fingerprint density at radius 3 is 3.00 bits per heavy atom. The van der Waals surface area contributed by atoms with Crippen molar-refractivity contribution in [2.75, 3.05) is 13.6 Å². The molecule has 0 aliphatic heterocycles. The molecule has 1 aromatic heterocycles. The van der Waals surface area contributed by atoms with Crippen molar-refractivity contribution in [3.05, 3.63) is 30.1 Å². The van der Waals surface area contributed by atoms with E-state index in [1.54, 1.807) is 12.4 Å². The molecule has 0 saturated heterocycles. The summed E-state index contributed by atoms with van der Waals surface area (Å²) in [5.41, 5.74) is 0.283.